The lowest BCUT2D eigenvalue weighted by Crippen LogP contribution is -2.30. The highest BCUT2D eigenvalue weighted by molar-refractivity contribution is 6.34. The van der Waals surface area contributed by atoms with Gasteiger partial charge in [0.2, 0.25) is 0 Å². The molecule has 3 N–H and O–H groups in total. The molecule has 166 valence electrons. The summed E-state index contributed by atoms with van der Waals surface area (Å²) in [6.45, 7) is 0.356. The smallest absolute Gasteiger partial charge is 0.407 e. The van der Waals surface area contributed by atoms with Crippen molar-refractivity contribution in [3.05, 3.63) is 93.5 Å². The molecule has 0 heterocycles. The second-order valence-electron chi connectivity index (χ2n) is 7.76. The van der Waals surface area contributed by atoms with Crippen LogP contribution < -0.4 is 5.32 Å². The van der Waals surface area contributed by atoms with Crippen LogP contribution >= 0.6 is 23.2 Å². The molecule has 0 saturated carbocycles. The normalized spacial score (nSPS) is 14.4. The zero-order valence-electron chi connectivity index (χ0n) is 17.2. The van der Waals surface area contributed by atoms with Crippen molar-refractivity contribution in [2.45, 2.75) is 24.5 Å². The van der Waals surface area contributed by atoms with E-state index in [1.165, 1.54) is 0 Å². The van der Waals surface area contributed by atoms with E-state index < -0.39 is 18.3 Å². The highest BCUT2D eigenvalue weighted by atomic mass is 35.5. The number of nitrogens with one attached hydrogen (secondary N) is 1. The molecule has 0 saturated heterocycles. The van der Waals surface area contributed by atoms with Crippen LogP contribution in [0.3, 0.4) is 0 Å². The van der Waals surface area contributed by atoms with E-state index >= 15 is 0 Å². The van der Waals surface area contributed by atoms with Gasteiger partial charge in [-0.15, -0.1) is 0 Å². The highest BCUT2D eigenvalue weighted by Gasteiger charge is 2.29. The third-order valence-corrected chi connectivity index (χ3v) is 6.08. The van der Waals surface area contributed by atoms with Gasteiger partial charge in [-0.05, 0) is 52.4 Å². The number of rotatable bonds is 7. The molecular weight excluding hydrogens is 449 g/mol. The Morgan fingerprint density at radius 3 is 2.09 bits per heavy atom. The Morgan fingerprint density at radius 2 is 1.50 bits per heavy atom. The number of hydrogen-bond acceptors (Lipinski definition) is 4. The second kappa shape index (κ2) is 9.92. The summed E-state index contributed by atoms with van der Waals surface area (Å²) in [5, 5.41) is 24.0. The fraction of sp³-hybridized carbons (Fsp3) is 0.240. The summed E-state index contributed by atoms with van der Waals surface area (Å²) in [6.07, 6.45) is -2.71. The number of amides is 1. The average Bonchev–Trinajstić information content (AvgIpc) is 3.10. The summed E-state index contributed by atoms with van der Waals surface area (Å²) < 4.78 is 5.47. The number of aliphatic hydroxyl groups excluding tert-OH is 2. The van der Waals surface area contributed by atoms with Gasteiger partial charge in [0.1, 0.15) is 12.7 Å². The molecule has 4 rings (SSSR count). The van der Waals surface area contributed by atoms with Gasteiger partial charge in [0.25, 0.3) is 0 Å². The number of fused-ring (bicyclic) bond motifs is 3. The first-order valence-electron chi connectivity index (χ1n) is 10.3. The maximum Gasteiger partial charge on any atom is 0.407 e. The molecular formula is C25H23Cl2NO4. The topological polar surface area (TPSA) is 78.8 Å². The molecule has 7 heteroatoms. The molecule has 1 aliphatic carbocycles. The third-order valence-electron chi connectivity index (χ3n) is 5.64. The largest absolute Gasteiger partial charge is 0.449 e. The van der Waals surface area contributed by atoms with Crippen molar-refractivity contribution < 1.29 is 19.7 Å². The van der Waals surface area contributed by atoms with Crippen molar-refractivity contribution >= 4 is 29.3 Å². The van der Waals surface area contributed by atoms with Gasteiger partial charge in [0.15, 0.2) is 0 Å². The molecule has 3 aromatic rings. The standard InChI is InChI=1S/C25H23Cl2NO4/c26-16-11-15(12-17(27)13-16)24(30)23(29)9-10-28-25(31)32-14-22-20-7-3-1-5-18(20)19-6-2-4-8-21(19)22/h1-8,11-13,22-24,29-30H,9-10,14H2,(H,28,31). The second-order valence-corrected chi connectivity index (χ2v) is 8.63. The molecule has 0 radical (unpaired) electrons. The molecule has 0 aliphatic heterocycles. The summed E-state index contributed by atoms with van der Waals surface area (Å²) in [5.41, 5.74) is 5.02. The quantitative estimate of drug-likeness (QED) is 0.435. The van der Waals surface area contributed by atoms with E-state index in [1.54, 1.807) is 18.2 Å². The molecule has 0 aromatic heterocycles. The summed E-state index contributed by atoms with van der Waals surface area (Å²) in [6, 6.07) is 20.9. The van der Waals surface area contributed by atoms with Gasteiger partial charge in [0, 0.05) is 22.5 Å². The first kappa shape index (κ1) is 22.6. The predicted octanol–water partition coefficient (Wildman–Crippen LogP) is 5.32. The lowest BCUT2D eigenvalue weighted by Gasteiger charge is -2.19. The monoisotopic (exact) mass is 471 g/mol. The van der Waals surface area contributed by atoms with Crippen LogP contribution in [0.25, 0.3) is 11.1 Å². The van der Waals surface area contributed by atoms with Crippen molar-refractivity contribution in [3.63, 3.8) is 0 Å². The van der Waals surface area contributed by atoms with Crippen LogP contribution in [0.2, 0.25) is 10.0 Å². The summed E-state index contributed by atoms with van der Waals surface area (Å²) in [4.78, 5) is 12.2. The van der Waals surface area contributed by atoms with Crippen molar-refractivity contribution in [1.82, 2.24) is 5.32 Å². The summed E-state index contributed by atoms with van der Waals surface area (Å²) >= 11 is 11.9. The predicted molar refractivity (Wildman–Crippen MR) is 125 cm³/mol. The summed E-state index contributed by atoms with van der Waals surface area (Å²) in [5.74, 6) is -0.0202. The van der Waals surface area contributed by atoms with Crippen LogP contribution in [0.15, 0.2) is 66.7 Å². The SMILES string of the molecule is O=C(NCCC(O)C(O)c1cc(Cl)cc(Cl)c1)OCC1c2ccccc2-c2ccccc21. The van der Waals surface area contributed by atoms with Gasteiger partial charge in [-0.2, -0.15) is 0 Å². The minimum Gasteiger partial charge on any atom is -0.449 e. The number of aliphatic hydroxyl groups is 2. The van der Waals surface area contributed by atoms with Crippen LogP contribution in [0.5, 0.6) is 0 Å². The average molecular weight is 472 g/mol. The van der Waals surface area contributed by atoms with Crippen LogP contribution in [-0.4, -0.2) is 35.6 Å². The van der Waals surface area contributed by atoms with Gasteiger partial charge in [-0.1, -0.05) is 71.7 Å². The first-order chi connectivity index (χ1) is 15.4. The fourth-order valence-corrected chi connectivity index (χ4v) is 4.64. The van der Waals surface area contributed by atoms with Gasteiger partial charge in [-0.25, -0.2) is 4.79 Å². The maximum atomic E-state index is 12.2. The lowest BCUT2D eigenvalue weighted by molar-refractivity contribution is 0.0137. The molecule has 32 heavy (non-hydrogen) atoms. The Kier molecular flexibility index (Phi) is 7.01. The summed E-state index contributed by atoms with van der Waals surface area (Å²) in [7, 11) is 0. The molecule has 1 amide bonds. The van der Waals surface area contributed by atoms with Crippen molar-refractivity contribution in [1.29, 1.82) is 0 Å². The van der Waals surface area contributed by atoms with E-state index in [2.05, 4.69) is 29.6 Å². The van der Waals surface area contributed by atoms with E-state index in [-0.39, 0.29) is 25.5 Å². The molecule has 0 bridgehead atoms. The Balaban J connectivity index is 1.29. The molecule has 5 nitrogen and oxygen atoms in total. The van der Waals surface area contributed by atoms with Crippen molar-refractivity contribution in [2.75, 3.05) is 13.2 Å². The van der Waals surface area contributed by atoms with Crippen LogP contribution in [0, 0.1) is 0 Å². The third kappa shape index (κ3) is 4.92. The Hall–Kier alpha value is -2.57. The van der Waals surface area contributed by atoms with E-state index in [1.807, 2.05) is 24.3 Å². The minimum atomic E-state index is -1.17. The minimum absolute atomic E-state index is 0.0202. The number of halogens is 2. The van der Waals surface area contributed by atoms with E-state index in [0.29, 0.717) is 15.6 Å². The number of hydrogen-bond donors (Lipinski definition) is 3. The van der Waals surface area contributed by atoms with Gasteiger partial charge >= 0.3 is 6.09 Å². The Bertz CT molecular complexity index is 1050. The molecule has 2 atom stereocenters. The van der Waals surface area contributed by atoms with E-state index in [4.69, 9.17) is 27.9 Å². The zero-order chi connectivity index (χ0) is 22.7. The Morgan fingerprint density at radius 1 is 0.938 bits per heavy atom. The van der Waals surface area contributed by atoms with Crippen LogP contribution in [0.1, 0.15) is 35.1 Å². The number of benzene rings is 3. The van der Waals surface area contributed by atoms with Gasteiger partial charge in [0.05, 0.1) is 6.10 Å². The van der Waals surface area contributed by atoms with Crippen molar-refractivity contribution in [3.8, 4) is 11.1 Å². The number of carbonyl (C=O) groups excluding carboxylic acids is 1. The first-order valence-corrected chi connectivity index (χ1v) is 11.1. The lowest BCUT2D eigenvalue weighted by atomic mass is 9.98. The van der Waals surface area contributed by atoms with E-state index in [0.717, 1.165) is 22.3 Å². The highest BCUT2D eigenvalue weighted by Crippen LogP contribution is 2.44. The molecule has 2 unspecified atom stereocenters. The Labute approximate surface area is 196 Å². The van der Waals surface area contributed by atoms with Gasteiger partial charge < -0.3 is 20.3 Å². The molecule has 1 aliphatic rings. The van der Waals surface area contributed by atoms with E-state index in [9.17, 15) is 15.0 Å². The van der Waals surface area contributed by atoms with Crippen LogP contribution in [-0.2, 0) is 4.74 Å². The number of carbonyl (C=O) groups is 1. The number of ether oxygens (including phenoxy) is 1. The molecule has 0 spiro atoms. The molecule has 0 fully saturated rings. The van der Waals surface area contributed by atoms with Gasteiger partial charge in [-0.3, -0.25) is 0 Å². The van der Waals surface area contributed by atoms with Crippen molar-refractivity contribution in [2.24, 2.45) is 0 Å². The zero-order valence-corrected chi connectivity index (χ0v) is 18.7. The molecule has 3 aromatic carbocycles. The fourth-order valence-electron chi connectivity index (χ4n) is 4.10. The van der Waals surface area contributed by atoms with Crippen LogP contribution in [0.4, 0.5) is 4.79 Å². The maximum absolute atomic E-state index is 12.2. The number of alkyl carbamates (subject to hydrolysis) is 1.